The van der Waals surface area contributed by atoms with Gasteiger partial charge in [0.05, 0.1) is 0 Å². The van der Waals surface area contributed by atoms with Crippen molar-refractivity contribution in [2.75, 3.05) is 29.6 Å². The molecule has 0 bridgehead atoms. The molecule has 2 N–H and O–H groups in total. The first-order valence-corrected chi connectivity index (χ1v) is 8.23. The molecule has 0 aliphatic carbocycles. The van der Waals surface area contributed by atoms with E-state index in [2.05, 4.69) is 56.7 Å². The van der Waals surface area contributed by atoms with Crippen LogP contribution in [0.3, 0.4) is 0 Å². The lowest BCUT2D eigenvalue weighted by atomic mass is 10.2. The van der Waals surface area contributed by atoms with Crippen molar-refractivity contribution in [2.45, 2.75) is 13.8 Å². The molecule has 1 heterocycles. The fourth-order valence-electron chi connectivity index (χ4n) is 2.45. The normalized spacial score (nSPS) is 10.4. The number of aryl methyl sites for hydroxylation is 2. The van der Waals surface area contributed by atoms with Gasteiger partial charge in [0.15, 0.2) is 0 Å². The first-order valence-electron chi connectivity index (χ1n) is 8.23. The number of anilines is 5. The highest BCUT2D eigenvalue weighted by Gasteiger charge is 2.04. The molecule has 0 amide bonds. The quantitative estimate of drug-likeness (QED) is 0.712. The lowest BCUT2D eigenvalue weighted by Gasteiger charge is -2.14. The zero-order valence-electron chi connectivity index (χ0n) is 15.0. The van der Waals surface area contributed by atoms with E-state index < -0.39 is 0 Å². The van der Waals surface area contributed by atoms with E-state index in [-0.39, 0.29) is 0 Å². The Kier molecular flexibility index (Phi) is 4.84. The molecule has 3 rings (SSSR count). The van der Waals surface area contributed by atoms with Crippen LogP contribution in [0.15, 0.2) is 54.6 Å². The standard InChI is InChI=1S/C20H23N5/c1-14-5-7-17(8-6-14)23-20-21-15(2)13-19(24-20)22-16-9-11-18(12-10-16)25(3)4/h5-13H,1-4H3,(H2,21,22,23,24). The SMILES string of the molecule is Cc1ccc(Nc2nc(C)cc(Nc3ccc(N(C)C)cc3)n2)cc1. The Hall–Kier alpha value is -3.08. The smallest absolute Gasteiger partial charge is 0.229 e. The van der Waals surface area contributed by atoms with Crippen LogP contribution in [0, 0.1) is 13.8 Å². The van der Waals surface area contributed by atoms with Crippen LogP contribution in [0.4, 0.5) is 28.8 Å². The molecule has 5 heteroatoms. The summed E-state index contributed by atoms with van der Waals surface area (Å²) in [6, 6.07) is 18.3. The largest absolute Gasteiger partial charge is 0.378 e. The van der Waals surface area contributed by atoms with Gasteiger partial charge in [0.25, 0.3) is 0 Å². The Balaban J connectivity index is 1.77. The summed E-state index contributed by atoms with van der Waals surface area (Å²) in [5.74, 6) is 1.34. The van der Waals surface area contributed by atoms with Gasteiger partial charge < -0.3 is 15.5 Å². The molecule has 25 heavy (non-hydrogen) atoms. The third kappa shape index (κ3) is 4.47. The molecule has 0 fully saturated rings. The second kappa shape index (κ2) is 7.21. The van der Waals surface area contributed by atoms with E-state index in [1.165, 1.54) is 5.56 Å². The zero-order valence-corrected chi connectivity index (χ0v) is 15.0. The Morgan fingerprint density at radius 3 is 2.00 bits per heavy atom. The molecule has 0 saturated carbocycles. The first-order chi connectivity index (χ1) is 12.0. The van der Waals surface area contributed by atoms with Crippen molar-refractivity contribution >= 4 is 28.8 Å². The highest BCUT2D eigenvalue weighted by molar-refractivity contribution is 5.62. The molecule has 128 valence electrons. The second-order valence-corrected chi connectivity index (χ2v) is 6.28. The average molecular weight is 333 g/mol. The van der Waals surface area contributed by atoms with Gasteiger partial charge in [0.2, 0.25) is 5.95 Å². The van der Waals surface area contributed by atoms with Crippen molar-refractivity contribution in [1.29, 1.82) is 0 Å². The maximum absolute atomic E-state index is 4.56. The minimum Gasteiger partial charge on any atom is -0.378 e. The van der Waals surface area contributed by atoms with E-state index in [0.29, 0.717) is 5.95 Å². The van der Waals surface area contributed by atoms with Gasteiger partial charge in [0.1, 0.15) is 5.82 Å². The zero-order chi connectivity index (χ0) is 17.8. The molecule has 0 saturated heterocycles. The third-order valence-corrected chi connectivity index (χ3v) is 3.82. The Morgan fingerprint density at radius 1 is 0.760 bits per heavy atom. The number of rotatable bonds is 5. The fraction of sp³-hybridized carbons (Fsp3) is 0.200. The molecule has 0 aliphatic heterocycles. The van der Waals surface area contributed by atoms with Crippen molar-refractivity contribution in [3.8, 4) is 0 Å². The number of hydrogen-bond acceptors (Lipinski definition) is 5. The molecule has 3 aromatic rings. The maximum Gasteiger partial charge on any atom is 0.229 e. The van der Waals surface area contributed by atoms with Crippen LogP contribution in [0.25, 0.3) is 0 Å². The molecule has 0 atom stereocenters. The fourth-order valence-corrected chi connectivity index (χ4v) is 2.45. The Bertz CT molecular complexity index is 839. The third-order valence-electron chi connectivity index (χ3n) is 3.82. The highest BCUT2D eigenvalue weighted by Crippen LogP contribution is 2.21. The highest BCUT2D eigenvalue weighted by atomic mass is 15.1. The lowest BCUT2D eigenvalue weighted by Crippen LogP contribution is -2.08. The maximum atomic E-state index is 4.56. The summed E-state index contributed by atoms with van der Waals surface area (Å²) in [5.41, 5.74) is 5.24. The van der Waals surface area contributed by atoms with Crippen LogP contribution in [0.5, 0.6) is 0 Å². The van der Waals surface area contributed by atoms with Crippen LogP contribution < -0.4 is 15.5 Å². The first kappa shape index (κ1) is 16.8. The van der Waals surface area contributed by atoms with E-state index in [1.54, 1.807) is 0 Å². The van der Waals surface area contributed by atoms with Crippen molar-refractivity contribution < 1.29 is 0 Å². The van der Waals surface area contributed by atoms with Crippen molar-refractivity contribution in [3.63, 3.8) is 0 Å². The minimum absolute atomic E-state index is 0.580. The molecule has 2 aromatic carbocycles. The van der Waals surface area contributed by atoms with Crippen molar-refractivity contribution in [3.05, 3.63) is 65.9 Å². The van der Waals surface area contributed by atoms with Crippen LogP contribution in [0.1, 0.15) is 11.3 Å². The van der Waals surface area contributed by atoms with Crippen LogP contribution in [0.2, 0.25) is 0 Å². The average Bonchev–Trinajstić information content (AvgIpc) is 2.57. The molecule has 5 nitrogen and oxygen atoms in total. The van der Waals surface area contributed by atoms with Gasteiger partial charge in [-0.05, 0) is 50.2 Å². The summed E-state index contributed by atoms with van der Waals surface area (Å²) >= 11 is 0. The molecular formula is C20H23N5. The monoisotopic (exact) mass is 333 g/mol. The number of nitrogens with one attached hydrogen (secondary N) is 2. The van der Waals surface area contributed by atoms with Gasteiger partial charge in [-0.25, -0.2) is 4.98 Å². The Labute approximate surface area is 148 Å². The number of nitrogens with zero attached hydrogens (tertiary/aromatic N) is 3. The van der Waals surface area contributed by atoms with E-state index in [1.807, 2.05) is 51.4 Å². The van der Waals surface area contributed by atoms with E-state index in [4.69, 9.17) is 0 Å². The summed E-state index contributed by atoms with van der Waals surface area (Å²) in [5, 5.41) is 6.59. The molecule has 1 aromatic heterocycles. The van der Waals surface area contributed by atoms with E-state index in [9.17, 15) is 0 Å². The van der Waals surface area contributed by atoms with Crippen molar-refractivity contribution in [2.24, 2.45) is 0 Å². The topological polar surface area (TPSA) is 53.1 Å². The van der Waals surface area contributed by atoms with Crippen LogP contribution in [-0.2, 0) is 0 Å². The summed E-state index contributed by atoms with van der Waals surface area (Å²) in [6.45, 7) is 4.03. The minimum atomic E-state index is 0.580. The van der Waals surface area contributed by atoms with E-state index >= 15 is 0 Å². The van der Waals surface area contributed by atoms with Gasteiger partial charge in [-0.3, -0.25) is 0 Å². The van der Waals surface area contributed by atoms with Gasteiger partial charge in [-0.1, -0.05) is 17.7 Å². The summed E-state index contributed by atoms with van der Waals surface area (Å²) in [6.07, 6.45) is 0. The van der Waals surface area contributed by atoms with E-state index in [0.717, 1.165) is 28.6 Å². The van der Waals surface area contributed by atoms with Crippen molar-refractivity contribution in [1.82, 2.24) is 9.97 Å². The van der Waals surface area contributed by atoms with Gasteiger partial charge in [-0.15, -0.1) is 0 Å². The van der Waals surface area contributed by atoms with Gasteiger partial charge in [-0.2, -0.15) is 4.98 Å². The molecule has 0 unspecified atom stereocenters. The predicted octanol–water partition coefficient (Wildman–Crippen LogP) is 4.65. The van der Waals surface area contributed by atoms with Crippen LogP contribution in [-0.4, -0.2) is 24.1 Å². The lowest BCUT2D eigenvalue weighted by molar-refractivity contribution is 1.11. The second-order valence-electron chi connectivity index (χ2n) is 6.28. The number of benzene rings is 2. The summed E-state index contributed by atoms with van der Waals surface area (Å²) in [4.78, 5) is 11.1. The van der Waals surface area contributed by atoms with Crippen LogP contribution >= 0.6 is 0 Å². The summed E-state index contributed by atoms with van der Waals surface area (Å²) in [7, 11) is 4.05. The van der Waals surface area contributed by atoms with Gasteiger partial charge >= 0.3 is 0 Å². The summed E-state index contributed by atoms with van der Waals surface area (Å²) < 4.78 is 0. The van der Waals surface area contributed by atoms with Gasteiger partial charge in [0, 0.05) is 42.9 Å². The molecule has 0 aliphatic rings. The molecule has 0 spiro atoms. The molecule has 0 radical (unpaired) electrons. The molecular weight excluding hydrogens is 310 g/mol. The number of hydrogen-bond donors (Lipinski definition) is 2. The predicted molar refractivity (Wildman–Crippen MR) is 105 cm³/mol. The number of aromatic nitrogens is 2. The Morgan fingerprint density at radius 2 is 1.36 bits per heavy atom.